The summed E-state index contributed by atoms with van der Waals surface area (Å²) in [5.74, 6) is -0.188. The quantitative estimate of drug-likeness (QED) is 0.607. The molecule has 4 heteroatoms. The molecule has 0 radical (unpaired) electrons. The maximum atomic E-state index is 12.8. The number of fused-ring (bicyclic) bond motifs is 1. The molecule has 1 heterocycles. The van der Waals surface area contributed by atoms with E-state index in [1.54, 1.807) is 0 Å². The Labute approximate surface area is 177 Å². The number of rotatable bonds is 7. The fourth-order valence-electron chi connectivity index (χ4n) is 4.01. The first-order valence-corrected chi connectivity index (χ1v) is 10.5. The lowest BCUT2D eigenvalue weighted by Gasteiger charge is -2.25. The van der Waals surface area contributed by atoms with E-state index in [9.17, 15) is 9.59 Å². The zero-order valence-corrected chi connectivity index (χ0v) is 16.9. The third kappa shape index (κ3) is 4.95. The first-order chi connectivity index (χ1) is 14.7. The Hall–Kier alpha value is -3.40. The third-order valence-corrected chi connectivity index (χ3v) is 5.65. The van der Waals surface area contributed by atoms with E-state index in [0.29, 0.717) is 19.3 Å². The van der Waals surface area contributed by atoms with Crippen LogP contribution in [0.25, 0.3) is 0 Å². The first-order valence-electron chi connectivity index (χ1n) is 10.5. The molecule has 0 saturated carbocycles. The summed E-state index contributed by atoms with van der Waals surface area (Å²) >= 11 is 0. The Morgan fingerprint density at radius 3 is 2.37 bits per heavy atom. The highest BCUT2D eigenvalue weighted by Gasteiger charge is 2.26. The fraction of sp³-hybridized carbons (Fsp3) is 0.231. The Bertz CT molecular complexity index is 1000. The minimum Gasteiger partial charge on any atom is -0.349 e. The molecule has 30 heavy (non-hydrogen) atoms. The highest BCUT2D eigenvalue weighted by molar-refractivity contribution is 5.96. The number of anilines is 1. The van der Waals surface area contributed by atoms with Gasteiger partial charge in [-0.1, -0.05) is 78.9 Å². The van der Waals surface area contributed by atoms with Gasteiger partial charge in [0.05, 0.1) is 6.04 Å². The molecule has 2 N–H and O–H groups in total. The Kier molecular flexibility index (Phi) is 6.23. The van der Waals surface area contributed by atoms with Gasteiger partial charge in [-0.25, -0.2) is 0 Å². The van der Waals surface area contributed by atoms with Gasteiger partial charge in [0.2, 0.25) is 11.8 Å². The van der Waals surface area contributed by atoms with Crippen molar-refractivity contribution in [3.05, 3.63) is 102 Å². The lowest BCUT2D eigenvalue weighted by molar-refractivity contribution is -0.123. The van der Waals surface area contributed by atoms with E-state index in [4.69, 9.17) is 0 Å². The van der Waals surface area contributed by atoms with Crippen molar-refractivity contribution in [1.29, 1.82) is 0 Å². The van der Waals surface area contributed by atoms with Crippen LogP contribution in [0.5, 0.6) is 0 Å². The van der Waals surface area contributed by atoms with Gasteiger partial charge in [-0.2, -0.15) is 0 Å². The van der Waals surface area contributed by atoms with Crippen LogP contribution in [0.15, 0.2) is 84.9 Å². The van der Waals surface area contributed by atoms with Gasteiger partial charge < -0.3 is 10.6 Å². The van der Waals surface area contributed by atoms with E-state index in [0.717, 1.165) is 23.2 Å². The molecule has 0 spiro atoms. The summed E-state index contributed by atoms with van der Waals surface area (Å²) in [4.78, 5) is 25.2. The largest absolute Gasteiger partial charge is 0.349 e. The van der Waals surface area contributed by atoms with Crippen LogP contribution in [-0.2, 0) is 22.4 Å². The van der Waals surface area contributed by atoms with Gasteiger partial charge in [0, 0.05) is 18.0 Å². The summed E-state index contributed by atoms with van der Waals surface area (Å²) in [6, 6.07) is 28.0. The predicted octanol–water partition coefficient (Wildman–Crippen LogP) is 4.68. The molecular weight excluding hydrogens is 372 g/mol. The highest BCUT2D eigenvalue weighted by atomic mass is 16.2. The van der Waals surface area contributed by atoms with E-state index < -0.39 is 0 Å². The Morgan fingerprint density at radius 2 is 1.60 bits per heavy atom. The molecule has 3 aromatic rings. The summed E-state index contributed by atoms with van der Waals surface area (Å²) < 4.78 is 0. The van der Waals surface area contributed by atoms with Crippen LogP contribution in [-0.4, -0.2) is 11.8 Å². The SMILES string of the molecule is O=C(CC[C@@H]1Cc2ccccc2NC1=O)N[C@H](Cc1ccccc1)c1ccccc1. The van der Waals surface area contributed by atoms with E-state index in [1.807, 2.05) is 72.8 Å². The predicted molar refractivity (Wildman–Crippen MR) is 119 cm³/mol. The minimum absolute atomic E-state index is 0.00500. The molecule has 0 aromatic heterocycles. The molecule has 1 aliphatic heterocycles. The zero-order chi connectivity index (χ0) is 20.8. The van der Waals surface area contributed by atoms with Gasteiger partial charge in [0.25, 0.3) is 0 Å². The molecule has 0 bridgehead atoms. The highest BCUT2D eigenvalue weighted by Crippen LogP contribution is 2.27. The summed E-state index contributed by atoms with van der Waals surface area (Å²) in [5.41, 5.74) is 4.28. The van der Waals surface area contributed by atoms with Crippen LogP contribution in [0.1, 0.15) is 35.6 Å². The number of benzene rings is 3. The molecule has 2 amide bonds. The van der Waals surface area contributed by atoms with Gasteiger partial charge in [0.15, 0.2) is 0 Å². The van der Waals surface area contributed by atoms with Gasteiger partial charge in [0.1, 0.15) is 0 Å². The first kappa shape index (κ1) is 19.9. The second kappa shape index (κ2) is 9.40. The van der Waals surface area contributed by atoms with Crippen molar-refractivity contribution in [2.75, 3.05) is 5.32 Å². The molecule has 0 unspecified atom stereocenters. The molecule has 1 aliphatic rings. The van der Waals surface area contributed by atoms with Crippen molar-refractivity contribution in [2.24, 2.45) is 5.92 Å². The van der Waals surface area contributed by atoms with Gasteiger partial charge in [-0.05, 0) is 42.0 Å². The number of nitrogens with one attached hydrogen (secondary N) is 2. The van der Waals surface area contributed by atoms with Gasteiger partial charge in [-0.3, -0.25) is 9.59 Å². The minimum atomic E-state index is -0.171. The average Bonchev–Trinajstić information content (AvgIpc) is 2.78. The summed E-state index contributed by atoms with van der Waals surface area (Å²) in [6.45, 7) is 0. The monoisotopic (exact) mass is 398 g/mol. The Balaban J connectivity index is 1.39. The maximum absolute atomic E-state index is 12.8. The summed E-state index contributed by atoms with van der Waals surface area (Å²) in [7, 11) is 0. The topological polar surface area (TPSA) is 58.2 Å². The van der Waals surface area contributed by atoms with E-state index in [1.165, 1.54) is 5.56 Å². The number of para-hydroxylation sites is 1. The normalized spacial score (nSPS) is 16.3. The number of amides is 2. The number of carbonyl (C=O) groups is 2. The Morgan fingerprint density at radius 1 is 0.933 bits per heavy atom. The van der Waals surface area contributed by atoms with Crippen LogP contribution in [0.2, 0.25) is 0 Å². The number of hydrogen-bond acceptors (Lipinski definition) is 2. The third-order valence-electron chi connectivity index (χ3n) is 5.65. The number of carbonyl (C=O) groups excluding carboxylic acids is 2. The standard InChI is InChI=1S/C26H26N2O2/c29-25(16-15-22-18-21-13-7-8-14-23(21)28-26(22)30)27-24(20-11-5-2-6-12-20)17-19-9-3-1-4-10-19/h1-14,22,24H,15-18H2,(H,27,29)(H,28,30)/t22-,24-/m1/s1. The van der Waals surface area contributed by atoms with E-state index in [-0.39, 0.29) is 23.8 Å². The number of hydrogen-bond donors (Lipinski definition) is 2. The molecule has 4 nitrogen and oxygen atoms in total. The van der Waals surface area contributed by atoms with Gasteiger partial charge >= 0.3 is 0 Å². The molecule has 2 atom stereocenters. The van der Waals surface area contributed by atoms with E-state index in [2.05, 4.69) is 22.8 Å². The van der Waals surface area contributed by atoms with Crippen LogP contribution < -0.4 is 10.6 Å². The van der Waals surface area contributed by atoms with Gasteiger partial charge in [-0.15, -0.1) is 0 Å². The van der Waals surface area contributed by atoms with Crippen molar-refractivity contribution in [3.63, 3.8) is 0 Å². The molecule has 152 valence electrons. The van der Waals surface area contributed by atoms with Crippen molar-refractivity contribution in [2.45, 2.75) is 31.7 Å². The van der Waals surface area contributed by atoms with Crippen molar-refractivity contribution in [3.8, 4) is 0 Å². The second-order valence-corrected chi connectivity index (χ2v) is 7.81. The fourth-order valence-corrected chi connectivity index (χ4v) is 4.01. The molecule has 4 rings (SSSR count). The average molecular weight is 399 g/mol. The van der Waals surface area contributed by atoms with Crippen LogP contribution in [0, 0.1) is 5.92 Å². The molecular formula is C26H26N2O2. The summed E-state index contributed by atoms with van der Waals surface area (Å²) in [5, 5.41) is 6.15. The second-order valence-electron chi connectivity index (χ2n) is 7.81. The van der Waals surface area contributed by atoms with Crippen molar-refractivity contribution < 1.29 is 9.59 Å². The molecule has 0 saturated heterocycles. The smallest absolute Gasteiger partial charge is 0.227 e. The molecule has 3 aromatic carbocycles. The zero-order valence-electron chi connectivity index (χ0n) is 16.9. The van der Waals surface area contributed by atoms with Crippen LogP contribution in [0.3, 0.4) is 0 Å². The van der Waals surface area contributed by atoms with Crippen molar-refractivity contribution >= 4 is 17.5 Å². The molecule has 0 aliphatic carbocycles. The maximum Gasteiger partial charge on any atom is 0.227 e. The lowest BCUT2D eigenvalue weighted by atomic mass is 9.89. The van der Waals surface area contributed by atoms with Crippen LogP contribution in [0.4, 0.5) is 5.69 Å². The lowest BCUT2D eigenvalue weighted by Crippen LogP contribution is -2.33. The van der Waals surface area contributed by atoms with E-state index >= 15 is 0 Å². The van der Waals surface area contributed by atoms with Crippen LogP contribution >= 0.6 is 0 Å². The summed E-state index contributed by atoms with van der Waals surface area (Å²) in [6.07, 6.45) is 2.28. The van der Waals surface area contributed by atoms with Crippen molar-refractivity contribution in [1.82, 2.24) is 5.32 Å². The molecule has 0 fully saturated rings.